The van der Waals surface area contributed by atoms with Gasteiger partial charge in [-0.1, -0.05) is 0 Å². The SMILES string of the molecule is O=C1CC(N2CCCC2)C(=O)O1. The van der Waals surface area contributed by atoms with Crippen molar-refractivity contribution in [3.8, 4) is 0 Å². The molecule has 12 heavy (non-hydrogen) atoms. The van der Waals surface area contributed by atoms with Crippen LogP contribution in [-0.2, 0) is 14.3 Å². The van der Waals surface area contributed by atoms with Crippen molar-refractivity contribution < 1.29 is 14.3 Å². The van der Waals surface area contributed by atoms with Gasteiger partial charge in [0.25, 0.3) is 0 Å². The van der Waals surface area contributed by atoms with E-state index in [1.807, 2.05) is 4.90 Å². The summed E-state index contributed by atoms with van der Waals surface area (Å²) in [6, 6.07) is -0.278. The Kier molecular flexibility index (Phi) is 1.84. The Hall–Kier alpha value is -0.900. The number of likely N-dealkylation sites (tertiary alicyclic amines) is 1. The normalized spacial score (nSPS) is 31.2. The molecule has 0 saturated carbocycles. The molecular formula is C8H11NO3. The van der Waals surface area contributed by atoms with Gasteiger partial charge in [0.1, 0.15) is 6.04 Å². The third-order valence-corrected chi connectivity index (χ3v) is 2.43. The standard InChI is InChI=1S/C8H11NO3/c10-7-5-6(8(11)12-7)9-3-1-2-4-9/h6H,1-5H2. The Balaban J connectivity index is 2.03. The van der Waals surface area contributed by atoms with Gasteiger partial charge >= 0.3 is 11.9 Å². The van der Waals surface area contributed by atoms with E-state index in [4.69, 9.17) is 0 Å². The third-order valence-electron chi connectivity index (χ3n) is 2.43. The Morgan fingerprint density at radius 2 is 1.92 bits per heavy atom. The maximum absolute atomic E-state index is 11.1. The number of ether oxygens (including phenoxy) is 1. The van der Waals surface area contributed by atoms with Crippen molar-refractivity contribution in [2.24, 2.45) is 0 Å². The molecule has 0 bridgehead atoms. The highest BCUT2D eigenvalue weighted by atomic mass is 16.6. The Morgan fingerprint density at radius 1 is 1.25 bits per heavy atom. The molecule has 2 rings (SSSR count). The van der Waals surface area contributed by atoms with E-state index < -0.39 is 0 Å². The molecular weight excluding hydrogens is 158 g/mol. The Labute approximate surface area is 70.5 Å². The van der Waals surface area contributed by atoms with Gasteiger partial charge in [0.15, 0.2) is 0 Å². The zero-order valence-electron chi connectivity index (χ0n) is 6.78. The molecule has 1 atom stereocenters. The molecule has 0 aromatic carbocycles. The molecule has 0 spiro atoms. The van der Waals surface area contributed by atoms with Crippen molar-refractivity contribution in [3.63, 3.8) is 0 Å². The zero-order valence-corrected chi connectivity index (χ0v) is 6.78. The van der Waals surface area contributed by atoms with Gasteiger partial charge in [0.2, 0.25) is 0 Å². The van der Waals surface area contributed by atoms with Crippen molar-refractivity contribution >= 4 is 11.9 Å². The number of carbonyl (C=O) groups is 2. The number of esters is 2. The number of cyclic esters (lactones) is 2. The third kappa shape index (κ3) is 1.22. The first-order chi connectivity index (χ1) is 5.77. The summed E-state index contributed by atoms with van der Waals surface area (Å²) in [6.07, 6.45) is 2.49. The second-order valence-corrected chi connectivity index (χ2v) is 3.26. The predicted octanol–water partition coefficient (Wildman–Crippen LogP) is -0.0757. The van der Waals surface area contributed by atoms with Crippen molar-refractivity contribution in [2.75, 3.05) is 13.1 Å². The molecule has 4 nitrogen and oxygen atoms in total. The number of carbonyl (C=O) groups excluding carboxylic acids is 2. The van der Waals surface area contributed by atoms with E-state index in [0.29, 0.717) is 0 Å². The smallest absolute Gasteiger partial charge is 0.331 e. The molecule has 4 heteroatoms. The molecule has 0 radical (unpaired) electrons. The molecule has 2 heterocycles. The van der Waals surface area contributed by atoms with Crippen LogP contribution in [-0.4, -0.2) is 36.0 Å². The first kappa shape index (κ1) is 7.73. The van der Waals surface area contributed by atoms with Gasteiger partial charge in [0.05, 0.1) is 6.42 Å². The minimum absolute atomic E-state index is 0.249. The maximum Gasteiger partial charge on any atom is 0.331 e. The topological polar surface area (TPSA) is 46.6 Å². The fourth-order valence-corrected chi connectivity index (χ4v) is 1.79. The lowest BCUT2D eigenvalue weighted by atomic mass is 10.2. The highest BCUT2D eigenvalue weighted by Gasteiger charge is 2.38. The molecule has 2 aliphatic rings. The maximum atomic E-state index is 11.1. The first-order valence-corrected chi connectivity index (χ1v) is 4.26. The fourth-order valence-electron chi connectivity index (χ4n) is 1.79. The summed E-state index contributed by atoms with van der Waals surface area (Å²) >= 11 is 0. The van der Waals surface area contributed by atoms with Crippen LogP contribution in [0.4, 0.5) is 0 Å². The zero-order chi connectivity index (χ0) is 8.55. The average molecular weight is 169 g/mol. The summed E-state index contributed by atoms with van der Waals surface area (Å²) in [5.74, 6) is -0.737. The minimum Gasteiger partial charge on any atom is -0.392 e. The van der Waals surface area contributed by atoms with Crippen LogP contribution in [0.5, 0.6) is 0 Å². The van der Waals surface area contributed by atoms with Crippen LogP contribution in [0.2, 0.25) is 0 Å². The predicted molar refractivity (Wildman–Crippen MR) is 40.3 cm³/mol. The van der Waals surface area contributed by atoms with Crippen molar-refractivity contribution in [1.29, 1.82) is 0 Å². The number of nitrogens with zero attached hydrogens (tertiary/aromatic N) is 1. The van der Waals surface area contributed by atoms with Gasteiger partial charge in [-0.25, -0.2) is 4.79 Å². The van der Waals surface area contributed by atoms with Crippen LogP contribution < -0.4 is 0 Å². The van der Waals surface area contributed by atoms with Crippen LogP contribution in [0, 0.1) is 0 Å². The van der Waals surface area contributed by atoms with E-state index in [0.717, 1.165) is 25.9 Å². The van der Waals surface area contributed by atoms with E-state index in [9.17, 15) is 9.59 Å². The van der Waals surface area contributed by atoms with E-state index in [-0.39, 0.29) is 24.4 Å². The molecule has 2 fully saturated rings. The Bertz CT molecular complexity index is 220. The van der Waals surface area contributed by atoms with Gasteiger partial charge in [0, 0.05) is 0 Å². The fraction of sp³-hybridized carbons (Fsp3) is 0.750. The lowest BCUT2D eigenvalue weighted by molar-refractivity contribution is -0.153. The molecule has 1 unspecified atom stereocenters. The van der Waals surface area contributed by atoms with Gasteiger partial charge < -0.3 is 4.74 Å². The molecule has 0 aliphatic carbocycles. The molecule has 66 valence electrons. The summed E-state index contributed by atoms with van der Waals surface area (Å²) in [5.41, 5.74) is 0. The van der Waals surface area contributed by atoms with Crippen LogP contribution >= 0.6 is 0 Å². The van der Waals surface area contributed by atoms with Crippen LogP contribution in [0.1, 0.15) is 19.3 Å². The number of hydrogen-bond donors (Lipinski definition) is 0. The lowest BCUT2D eigenvalue weighted by Gasteiger charge is -2.17. The van der Waals surface area contributed by atoms with E-state index >= 15 is 0 Å². The van der Waals surface area contributed by atoms with Gasteiger partial charge in [-0.15, -0.1) is 0 Å². The molecule has 0 aromatic heterocycles. The second-order valence-electron chi connectivity index (χ2n) is 3.26. The number of rotatable bonds is 1. The van der Waals surface area contributed by atoms with Crippen LogP contribution in [0.3, 0.4) is 0 Å². The summed E-state index contributed by atoms with van der Waals surface area (Å²) < 4.78 is 4.47. The van der Waals surface area contributed by atoms with E-state index in [2.05, 4.69) is 4.74 Å². The monoisotopic (exact) mass is 169 g/mol. The Morgan fingerprint density at radius 3 is 2.42 bits per heavy atom. The highest BCUT2D eigenvalue weighted by molar-refractivity contribution is 5.96. The van der Waals surface area contributed by atoms with Gasteiger partial charge in [-0.2, -0.15) is 0 Å². The summed E-state index contributed by atoms with van der Waals surface area (Å²) in [5, 5.41) is 0. The van der Waals surface area contributed by atoms with Crippen LogP contribution in [0.15, 0.2) is 0 Å². The number of hydrogen-bond acceptors (Lipinski definition) is 4. The molecule has 0 N–H and O–H groups in total. The van der Waals surface area contributed by atoms with Gasteiger partial charge in [-0.3, -0.25) is 9.69 Å². The highest BCUT2D eigenvalue weighted by Crippen LogP contribution is 2.19. The van der Waals surface area contributed by atoms with Gasteiger partial charge in [-0.05, 0) is 25.9 Å². The lowest BCUT2D eigenvalue weighted by Crippen LogP contribution is -2.36. The molecule has 2 aliphatic heterocycles. The summed E-state index contributed by atoms with van der Waals surface area (Å²) in [4.78, 5) is 23.9. The van der Waals surface area contributed by atoms with E-state index in [1.165, 1.54) is 0 Å². The minimum atomic E-state index is -0.378. The second kappa shape index (κ2) is 2.86. The molecule has 0 aromatic rings. The summed E-state index contributed by atoms with van der Waals surface area (Å²) in [7, 11) is 0. The summed E-state index contributed by atoms with van der Waals surface area (Å²) in [6.45, 7) is 1.85. The molecule has 0 amide bonds. The molecule has 2 saturated heterocycles. The van der Waals surface area contributed by atoms with Crippen molar-refractivity contribution in [1.82, 2.24) is 4.90 Å². The van der Waals surface area contributed by atoms with Crippen molar-refractivity contribution in [2.45, 2.75) is 25.3 Å². The van der Waals surface area contributed by atoms with Crippen LogP contribution in [0.25, 0.3) is 0 Å². The first-order valence-electron chi connectivity index (χ1n) is 4.26. The quantitative estimate of drug-likeness (QED) is 0.407. The average Bonchev–Trinajstić information content (AvgIpc) is 2.58. The van der Waals surface area contributed by atoms with Crippen molar-refractivity contribution in [3.05, 3.63) is 0 Å². The van der Waals surface area contributed by atoms with E-state index in [1.54, 1.807) is 0 Å². The largest absolute Gasteiger partial charge is 0.392 e.